The molecule has 0 N–H and O–H groups in total. The first-order valence-electron chi connectivity index (χ1n) is 3.49. The smallest absolute Gasteiger partial charge is 0.296 e. The SMILES string of the molecule is CC(=O)OOc1cccnc1C=O. The number of rotatable bonds is 3. The molecule has 0 atom stereocenters. The van der Waals surface area contributed by atoms with E-state index >= 15 is 0 Å². The Morgan fingerprint density at radius 2 is 2.38 bits per heavy atom. The molecule has 0 saturated carbocycles. The van der Waals surface area contributed by atoms with Crippen LogP contribution in [-0.4, -0.2) is 17.2 Å². The molecule has 0 aliphatic rings. The zero-order valence-electron chi connectivity index (χ0n) is 6.89. The van der Waals surface area contributed by atoms with Gasteiger partial charge in [-0.15, -0.1) is 0 Å². The van der Waals surface area contributed by atoms with E-state index in [2.05, 4.69) is 14.8 Å². The molecule has 0 unspecified atom stereocenters. The average Bonchev–Trinajstić information content (AvgIpc) is 2.15. The molecule has 0 aliphatic carbocycles. The van der Waals surface area contributed by atoms with Crippen LogP contribution in [0, 0.1) is 0 Å². The maximum Gasteiger partial charge on any atom is 0.352 e. The highest BCUT2D eigenvalue weighted by molar-refractivity contribution is 5.76. The van der Waals surface area contributed by atoms with Gasteiger partial charge in [-0.3, -0.25) is 14.6 Å². The number of hydrogen-bond donors (Lipinski definition) is 0. The molecular formula is C8H7NO4. The van der Waals surface area contributed by atoms with Crippen molar-refractivity contribution in [2.24, 2.45) is 0 Å². The van der Waals surface area contributed by atoms with Crippen molar-refractivity contribution in [1.82, 2.24) is 4.98 Å². The van der Waals surface area contributed by atoms with Gasteiger partial charge in [0.25, 0.3) is 0 Å². The predicted molar refractivity (Wildman–Crippen MR) is 42.0 cm³/mol. The summed E-state index contributed by atoms with van der Waals surface area (Å²) in [6.45, 7) is 1.19. The van der Waals surface area contributed by atoms with Crippen molar-refractivity contribution < 1.29 is 19.4 Å². The molecule has 1 aromatic rings. The molecule has 68 valence electrons. The Bertz CT molecular complexity index is 324. The van der Waals surface area contributed by atoms with Crippen molar-refractivity contribution in [1.29, 1.82) is 0 Å². The Hall–Kier alpha value is -1.91. The van der Waals surface area contributed by atoms with Crippen LogP contribution in [0.4, 0.5) is 0 Å². The van der Waals surface area contributed by atoms with E-state index < -0.39 is 5.97 Å². The molecule has 1 heterocycles. The molecular weight excluding hydrogens is 174 g/mol. The minimum atomic E-state index is -0.597. The highest BCUT2D eigenvalue weighted by Crippen LogP contribution is 2.12. The van der Waals surface area contributed by atoms with Crippen LogP contribution in [0.5, 0.6) is 5.75 Å². The predicted octanol–water partition coefficient (Wildman–Crippen LogP) is 0.751. The summed E-state index contributed by atoms with van der Waals surface area (Å²) in [7, 11) is 0. The van der Waals surface area contributed by atoms with Crippen molar-refractivity contribution in [2.45, 2.75) is 6.92 Å². The minimum absolute atomic E-state index is 0.0868. The van der Waals surface area contributed by atoms with Crippen LogP contribution >= 0.6 is 0 Å². The fraction of sp³-hybridized carbons (Fsp3) is 0.125. The molecule has 1 aromatic heterocycles. The zero-order valence-corrected chi connectivity index (χ0v) is 6.89. The molecule has 13 heavy (non-hydrogen) atoms. The fourth-order valence-electron chi connectivity index (χ4n) is 0.665. The molecule has 0 radical (unpaired) electrons. The first-order valence-corrected chi connectivity index (χ1v) is 3.49. The summed E-state index contributed by atoms with van der Waals surface area (Å²) in [5, 5.41) is 0. The van der Waals surface area contributed by atoms with Gasteiger partial charge >= 0.3 is 5.97 Å². The van der Waals surface area contributed by atoms with Crippen molar-refractivity contribution in [2.75, 3.05) is 0 Å². The van der Waals surface area contributed by atoms with E-state index in [1.54, 1.807) is 6.07 Å². The molecule has 0 spiro atoms. The molecule has 5 heteroatoms. The van der Waals surface area contributed by atoms with Crippen molar-refractivity contribution in [3.8, 4) is 5.75 Å². The highest BCUT2D eigenvalue weighted by Gasteiger charge is 2.05. The van der Waals surface area contributed by atoms with Crippen LogP contribution in [-0.2, 0) is 9.68 Å². The van der Waals surface area contributed by atoms with Gasteiger partial charge in [-0.1, -0.05) is 0 Å². The van der Waals surface area contributed by atoms with Gasteiger partial charge in [0.2, 0.25) is 5.75 Å². The summed E-state index contributed by atoms with van der Waals surface area (Å²) in [5.41, 5.74) is 0.0868. The molecule has 0 aromatic carbocycles. The number of nitrogens with zero attached hydrogens (tertiary/aromatic N) is 1. The van der Waals surface area contributed by atoms with Crippen molar-refractivity contribution in [3.05, 3.63) is 24.0 Å². The summed E-state index contributed by atoms with van der Waals surface area (Å²) in [5.74, 6) is -0.478. The van der Waals surface area contributed by atoms with E-state index in [1.165, 1.54) is 19.2 Å². The first kappa shape index (κ1) is 9.18. The van der Waals surface area contributed by atoms with E-state index in [1.807, 2.05) is 0 Å². The van der Waals surface area contributed by atoms with Crippen LogP contribution < -0.4 is 4.89 Å². The Morgan fingerprint density at radius 3 is 3.00 bits per heavy atom. The summed E-state index contributed by atoms with van der Waals surface area (Å²) in [6.07, 6.45) is 1.95. The number of hydrogen-bond acceptors (Lipinski definition) is 5. The van der Waals surface area contributed by atoms with E-state index in [-0.39, 0.29) is 11.4 Å². The van der Waals surface area contributed by atoms with Crippen molar-refractivity contribution >= 4 is 12.3 Å². The second-order valence-electron chi connectivity index (χ2n) is 2.16. The number of pyridine rings is 1. The molecule has 0 saturated heterocycles. The Morgan fingerprint density at radius 1 is 1.62 bits per heavy atom. The van der Waals surface area contributed by atoms with Crippen LogP contribution in [0.2, 0.25) is 0 Å². The first-order chi connectivity index (χ1) is 6.24. The van der Waals surface area contributed by atoms with Gasteiger partial charge in [-0.2, -0.15) is 0 Å². The number of aldehydes is 1. The number of aromatic nitrogens is 1. The van der Waals surface area contributed by atoms with Crippen LogP contribution in [0.1, 0.15) is 17.4 Å². The lowest BCUT2D eigenvalue weighted by Gasteiger charge is -2.02. The quantitative estimate of drug-likeness (QED) is 0.391. The van der Waals surface area contributed by atoms with Crippen LogP contribution in [0.25, 0.3) is 0 Å². The summed E-state index contributed by atoms with van der Waals surface area (Å²) in [4.78, 5) is 33.2. The molecule has 0 fully saturated rings. The third-order valence-corrected chi connectivity index (χ3v) is 1.16. The number of carbonyl (C=O) groups is 2. The Balaban J connectivity index is 2.75. The molecule has 0 bridgehead atoms. The lowest BCUT2D eigenvalue weighted by atomic mass is 10.3. The van der Waals surface area contributed by atoms with E-state index in [9.17, 15) is 9.59 Å². The Kier molecular flexibility index (Phi) is 2.97. The van der Waals surface area contributed by atoms with Crippen molar-refractivity contribution in [3.63, 3.8) is 0 Å². The third-order valence-electron chi connectivity index (χ3n) is 1.16. The molecule has 1 rings (SSSR count). The third kappa shape index (κ3) is 2.55. The molecule has 0 amide bonds. The molecule has 0 aliphatic heterocycles. The second kappa shape index (κ2) is 4.20. The van der Waals surface area contributed by atoms with Gasteiger partial charge in [0.1, 0.15) is 5.69 Å². The van der Waals surface area contributed by atoms with E-state index in [4.69, 9.17) is 0 Å². The normalized spacial score (nSPS) is 9.00. The summed E-state index contributed by atoms with van der Waals surface area (Å²) >= 11 is 0. The standard InChI is InChI=1S/C8H7NO4/c1-6(11)12-13-8-3-2-4-9-7(8)5-10/h2-5H,1H3. The minimum Gasteiger partial charge on any atom is -0.296 e. The zero-order chi connectivity index (χ0) is 9.68. The average molecular weight is 181 g/mol. The fourth-order valence-corrected chi connectivity index (χ4v) is 0.665. The van der Waals surface area contributed by atoms with Gasteiger partial charge in [-0.25, -0.2) is 9.78 Å². The van der Waals surface area contributed by atoms with Crippen LogP contribution in [0.15, 0.2) is 18.3 Å². The van der Waals surface area contributed by atoms with Gasteiger partial charge in [-0.05, 0) is 12.1 Å². The summed E-state index contributed by atoms with van der Waals surface area (Å²) < 4.78 is 0. The monoisotopic (exact) mass is 181 g/mol. The summed E-state index contributed by atoms with van der Waals surface area (Å²) in [6, 6.07) is 3.03. The highest BCUT2D eigenvalue weighted by atomic mass is 17.2. The Labute approximate surface area is 74.2 Å². The van der Waals surface area contributed by atoms with Gasteiger partial charge in [0, 0.05) is 13.1 Å². The molecule has 5 nitrogen and oxygen atoms in total. The lowest BCUT2D eigenvalue weighted by molar-refractivity contribution is -0.211. The van der Waals surface area contributed by atoms with Gasteiger partial charge in [0.05, 0.1) is 0 Å². The maximum absolute atomic E-state index is 10.4. The van der Waals surface area contributed by atoms with Gasteiger partial charge < -0.3 is 0 Å². The van der Waals surface area contributed by atoms with E-state index in [0.29, 0.717) is 6.29 Å². The second-order valence-corrected chi connectivity index (χ2v) is 2.16. The van der Waals surface area contributed by atoms with E-state index in [0.717, 1.165) is 0 Å². The maximum atomic E-state index is 10.4. The number of carbonyl (C=O) groups excluding carboxylic acids is 2. The van der Waals surface area contributed by atoms with Crippen LogP contribution in [0.3, 0.4) is 0 Å². The lowest BCUT2D eigenvalue weighted by Crippen LogP contribution is -2.05. The largest absolute Gasteiger partial charge is 0.352 e. The van der Waals surface area contributed by atoms with Gasteiger partial charge in [0.15, 0.2) is 6.29 Å². The topological polar surface area (TPSA) is 65.5 Å².